The summed E-state index contributed by atoms with van der Waals surface area (Å²) >= 11 is 0. The van der Waals surface area contributed by atoms with E-state index in [4.69, 9.17) is 9.97 Å². The Kier molecular flexibility index (Phi) is 5.97. The van der Waals surface area contributed by atoms with Crippen LogP contribution in [0, 0.1) is 0 Å². The quantitative estimate of drug-likeness (QED) is 0.298. The molecule has 8 rings (SSSR count). The number of hydrogen-bond donors (Lipinski definition) is 2. The molecule has 4 heterocycles. The van der Waals surface area contributed by atoms with Crippen molar-refractivity contribution in [3.63, 3.8) is 0 Å². The number of pyridine rings is 1. The van der Waals surface area contributed by atoms with Crippen LogP contribution in [0.3, 0.4) is 0 Å². The number of fused-ring (bicyclic) bond motifs is 2. The Bertz CT molecular complexity index is 1850. The number of aromatic nitrogens is 5. The smallest absolute Gasteiger partial charge is 0.278 e. The number of benzene rings is 1. The van der Waals surface area contributed by atoms with Crippen molar-refractivity contribution in [2.75, 3.05) is 11.9 Å². The number of hydrogen-bond acceptors (Lipinski definition) is 7. The molecule has 1 saturated carbocycles. The highest BCUT2D eigenvalue weighted by molar-refractivity contribution is 5.77. The van der Waals surface area contributed by atoms with Crippen molar-refractivity contribution in [2.24, 2.45) is 0 Å². The van der Waals surface area contributed by atoms with Crippen molar-refractivity contribution in [2.45, 2.75) is 95.4 Å². The summed E-state index contributed by atoms with van der Waals surface area (Å²) in [7, 11) is 0. The normalized spacial score (nSPS) is 24.6. The van der Waals surface area contributed by atoms with Crippen molar-refractivity contribution in [3.8, 4) is 5.82 Å². The molecule has 4 aliphatic rings. The number of nitrogens with one attached hydrogen (secondary N) is 1. The van der Waals surface area contributed by atoms with E-state index in [2.05, 4.69) is 40.8 Å². The minimum Gasteiger partial charge on any atom is -0.384 e. The summed E-state index contributed by atoms with van der Waals surface area (Å²) in [6.07, 6.45) is 11.5. The summed E-state index contributed by atoms with van der Waals surface area (Å²) in [5.74, 6) is 0.979. The monoisotopic (exact) mass is 577 g/mol. The Labute approximate surface area is 251 Å². The lowest BCUT2D eigenvalue weighted by atomic mass is 9.67. The van der Waals surface area contributed by atoms with Gasteiger partial charge in [0.2, 0.25) is 5.95 Å². The van der Waals surface area contributed by atoms with Gasteiger partial charge in [0, 0.05) is 36.4 Å². The second-order valence-corrected chi connectivity index (χ2v) is 13.3. The first-order valence-electron chi connectivity index (χ1n) is 15.8. The highest BCUT2D eigenvalue weighted by Crippen LogP contribution is 2.47. The summed E-state index contributed by atoms with van der Waals surface area (Å²) in [4.78, 5) is 30.6. The van der Waals surface area contributed by atoms with Crippen molar-refractivity contribution in [1.82, 2.24) is 29.2 Å². The van der Waals surface area contributed by atoms with Gasteiger partial charge in [0.15, 0.2) is 11.5 Å². The first-order chi connectivity index (χ1) is 20.8. The minimum absolute atomic E-state index is 0.202. The van der Waals surface area contributed by atoms with E-state index in [9.17, 15) is 9.90 Å². The molecule has 222 valence electrons. The summed E-state index contributed by atoms with van der Waals surface area (Å²) in [6.45, 7) is 10.8. The van der Waals surface area contributed by atoms with E-state index >= 15 is 0 Å². The third kappa shape index (κ3) is 4.19. The molecule has 1 fully saturated rings. The molecule has 9 nitrogen and oxygen atoms in total. The Balaban J connectivity index is 1.22. The Morgan fingerprint density at radius 1 is 1.14 bits per heavy atom. The van der Waals surface area contributed by atoms with Crippen LogP contribution in [0.5, 0.6) is 0 Å². The number of nitrogens with zero attached hydrogens (tertiary/aromatic N) is 6. The number of aliphatic hydroxyl groups is 1. The molecule has 2 atom stereocenters. The fraction of sp³-hybridized carbons (Fsp3) is 0.471. The molecule has 0 amide bonds. The minimum atomic E-state index is -0.961. The van der Waals surface area contributed by atoms with Gasteiger partial charge in [-0.2, -0.15) is 4.98 Å². The molecule has 3 aromatic heterocycles. The molecule has 2 unspecified atom stereocenters. The van der Waals surface area contributed by atoms with E-state index in [0.717, 1.165) is 43.2 Å². The van der Waals surface area contributed by atoms with Gasteiger partial charge in [0.05, 0.1) is 12.2 Å². The molecule has 2 N–H and O–H groups in total. The van der Waals surface area contributed by atoms with E-state index in [1.165, 1.54) is 36.8 Å². The van der Waals surface area contributed by atoms with Crippen LogP contribution in [0.2, 0.25) is 0 Å². The van der Waals surface area contributed by atoms with Crippen molar-refractivity contribution < 1.29 is 5.11 Å². The highest BCUT2D eigenvalue weighted by atomic mass is 16.3. The van der Waals surface area contributed by atoms with Gasteiger partial charge in [-0.1, -0.05) is 26.0 Å². The second kappa shape index (κ2) is 9.59. The predicted octanol–water partition coefficient (Wildman–Crippen LogP) is 5.02. The Morgan fingerprint density at radius 2 is 1.98 bits per heavy atom. The van der Waals surface area contributed by atoms with E-state index in [1.807, 2.05) is 19.1 Å². The molecule has 0 saturated heterocycles. The van der Waals surface area contributed by atoms with E-state index < -0.39 is 5.60 Å². The van der Waals surface area contributed by atoms with Crippen molar-refractivity contribution in [3.05, 3.63) is 81.4 Å². The topological polar surface area (TPSA) is 101 Å². The molecule has 0 radical (unpaired) electrons. The van der Waals surface area contributed by atoms with Crippen LogP contribution in [0.15, 0.2) is 47.9 Å². The molecule has 3 aliphatic carbocycles. The fourth-order valence-corrected chi connectivity index (χ4v) is 8.05. The van der Waals surface area contributed by atoms with E-state index in [1.54, 1.807) is 27.2 Å². The largest absolute Gasteiger partial charge is 0.384 e. The van der Waals surface area contributed by atoms with E-state index in [0.29, 0.717) is 47.9 Å². The van der Waals surface area contributed by atoms with Gasteiger partial charge in [-0.3, -0.25) is 9.69 Å². The van der Waals surface area contributed by atoms with Crippen LogP contribution in [0.4, 0.5) is 11.6 Å². The number of aryl methyl sites for hydroxylation is 2. The lowest BCUT2D eigenvalue weighted by Gasteiger charge is -2.46. The number of allylic oxidation sites excluding steroid dienone is 1. The maximum Gasteiger partial charge on any atom is 0.278 e. The SMILES string of the molecule is C=CCn1c(=O)c2cnc(Nc3cc4c5c(c3)CN(C3CC3)CC5(C)CCC4)nc2n1-c1ccc2c(n1)C(O)(CC)CC2. The van der Waals surface area contributed by atoms with Crippen LogP contribution in [0.1, 0.15) is 80.3 Å². The highest BCUT2D eigenvalue weighted by Gasteiger charge is 2.43. The van der Waals surface area contributed by atoms with Gasteiger partial charge in [0.1, 0.15) is 11.0 Å². The lowest BCUT2D eigenvalue weighted by Crippen LogP contribution is -2.46. The standard InChI is InChI=1S/C34H39N7O2/c1-4-15-40-31(42)26-18-35-32(38-30(26)41(40)27-11-8-21-12-14-34(43,5-2)29(21)37-27)36-24-16-22-7-6-13-33(3)20-39(25-9-10-25)19-23(17-24)28(22)33/h4,8,11,16-18,25,43H,1,5-7,9-10,12-15,19-20H2,2-3H3,(H,35,36,38). The summed E-state index contributed by atoms with van der Waals surface area (Å²) in [5, 5.41) is 15.1. The maximum atomic E-state index is 13.5. The van der Waals surface area contributed by atoms with Crippen LogP contribution in [-0.4, -0.2) is 46.9 Å². The van der Waals surface area contributed by atoms with Gasteiger partial charge >= 0.3 is 0 Å². The van der Waals surface area contributed by atoms with Crippen molar-refractivity contribution >= 4 is 22.7 Å². The molecule has 43 heavy (non-hydrogen) atoms. The molecule has 9 heteroatoms. The summed E-state index contributed by atoms with van der Waals surface area (Å²) in [5.41, 5.74) is 6.66. The first kappa shape index (κ1) is 26.8. The van der Waals surface area contributed by atoms with Crippen molar-refractivity contribution in [1.29, 1.82) is 0 Å². The third-order valence-corrected chi connectivity index (χ3v) is 10.3. The number of anilines is 2. The maximum absolute atomic E-state index is 13.5. The zero-order chi connectivity index (χ0) is 29.5. The molecule has 1 aliphatic heterocycles. The Morgan fingerprint density at radius 3 is 2.77 bits per heavy atom. The summed E-state index contributed by atoms with van der Waals surface area (Å²) < 4.78 is 3.33. The second-order valence-electron chi connectivity index (χ2n) is 13.3. The molecule has 0 bridgehead atoms. The van der Waals surface area contributed by atoms with Crippen LogP contribution < -0.4 is 10.9 Å². The van der Waals surface area contributed by atoms with Gasteiger partial charge in [-0.25, -0.2) is 19.3 Å². The zero-order valence-corrected chi connectivity index (χ0v) is 25.1. The molecular formula is C34H39N7O2. The van der Waals surface area contributed by atoms with E-state index in [-0.39, 0.29) is 11.0 Å². The molecule has 4 aromatic rings. The molecule has 0 spiro atoms. The lowest BCUT2D eigenvalue weighted by molar-refractivity contribution is 0.0306. The van der Waals surface area contributed by atoms with Crippen LogP contribution in [0.25, 0.3) is 16.9 Å². The Hall–Kier alpha value is -3.82. The van der Waals surface area contributed by atoms with Crippen LogP contribution in [-0.2, 0) is 36.9 Å². The fourth-order valence-electron chi connectivity index (χ4n) is 8.05. The third-order valence-electron chi connectivity index (χ3n) is 10.3. The molecule has 1 aromatic carbocycles. The van der Waals surface area contributed by atoms with Gasteiger partial charge < -0.3 is 10.4 Å². The number of rotatable bonds is 7. The van der Waals surface area contributed by atoms with Crippen LogP contribution >= 0.6 is 0 Å². The van der Waals surface area contributed by atoms with Gasteiger partial charge in [-0.05, 0) is 91.8 Å². The van der Waals surface area contributed by atoms with Gasteiger partial charge in [0.25, 0.3) is 5.56 Å². The summed E-state index contributed by atoms with van der Waals surface area (Å²) in [6, 6.07) is 9.21. The first-order valence-corrected chi connectivity index (χ1v) is 15.8. The predicted molar refractivity (Wildman–Crippen MR) is 167 cm³/mol. The van der Waals surface area contributed by atoms with Gasteiger partial charge in [-0.15, -0.1) is 6.58 Å². The molecular weight excluding hydrogens is 538 g/mol. The zero-order valence-electron chi connectivity index (χ0n) is 25.1. The average Bonchev–Trinajstić information content (AvgIpc) is 3.75. The average molecular weight is 578 g/mol.